The molecule has 1 N–H and O–H groups in total. The van der Waals surface area contributed by atoms with Crippen molar-refractivity contribution >= 4 is 27.7 Å². The van der Waals surface area contributed by atoms with Crippen LogP contribution in [-0.2, 0) is 22.2 Å². The van der Waals surface area contributed by atoms with Gasteiger partial charge in [-0.05, 0) is 68.4 Å². The number of carbonyl (C=O) groups is 1. The van der Waals surface area contributed by atoms with Crippen LogP contribution in [-0.4, -0.2) is 6.09 Å². The second-order valence-corrected chi connectivity index (χ2v) is 9.19. The van der Waals surface area contributed by atoms with Crippen LogP contribution < -0.4 is 5.32 Å². The Morgan fingerprint density at radius 2 is 1.62 bits per heavy atom. The molecule has 0 fully saturated rings. The third kappa shape index (κ3) is 3.96. The number of rotatable bonds is 3. The molecule has 0 unspecified atom stereocenters. The first-order chi connectivity index (χ1) is 12.2. The van der Waals surface area contributed by atoms with Gasteiger partial charge in [-0.3, -0.25) is 5.32 Å². The first-order valence-electron chi connectivity index (χ1n) is 9.01. The van der Waals surface area contributed by atoms with Crippen LogP contribution >= 0.6 is 15.9 Å². The van der Waals surface area contributed by atoms with Crippen LogP contribution in [0.2, 0.25) is 0 Å². The molecule has 3 nitrogen and oxygen atoms in total. The molecule has 1 amide bonds. The Morgan fingerprint density at radius 1 is 1.04 bits per heavy atom. The predicted octanol–water partition coefficient (Wildman–Crippen LogP) is 6.55. The van der Waals surface area contributed by atoms with Gasteiger partial charge in [0.05, 0.1) is 5.69 Å². The number of benzene rings is 2. The molecule has 0 aliphatic heterocycles. The molecule has 0 saturated carbocycles. The van der Waals surface area contributed by atoms with Crippen molar-refractivity contribution in [2.75, 3.05) is 5.32 Å². The smallest absolute Gasteiger partial charge is 0.411 e. The van der Waals surface area contributed by atoms with Crippen LogP contribution in [0.5, 0.6) is 0 Å². The monoisotopic (exact) mass is 415 g/mol. The largest absolute Gasteiger partial charge is 0.444 e. The molecule has 1 aliphatic rings. The third-order valence-electron chi connectivity index (χ3n) is 5.39. The lowest BCUT2D eigenvalue weighted by Crippen LogP contribution is -2.34. The van der Waals surface area contributed by atoms with E-state index in [2.05, 4.69) is 61.1 Å². The topological polar surface area (TPSA) is 38.3 Å². The normalized spacial score (nSPS) is 17.3. The molecule has 0 aromatic heterocycles. The maximum atomic E-state index is 12.2. The van der Waals surface area contributed by atoms with Crippen LogP contribution in [0.3, 0.4) is 0 Å². The zero-order chi connectivity index (χ0) is 18.9. The van der Waals surface area contributed by atoms with Gasteiger partial charge in [-0.2, -0.15) is 0 Å². The van der Waals surface area contributed by atoms with E-state index in [4.69, 9.17) is 4.74 Å². The van der Waals surface area contributed by atoms with Crippen LogP contribution in [0, 0.1) is 0 Å². The predicted molar refractivity (Wildman–Crippen MR) is 110 cm³/mol. The van der Waals surface area contributed by atoms with Crippen molar-refractivity contribution in [2.45, 2.75) is 58.0 Å². The molecule has 3 rings (SSSR count). The van der Waals surface area contributed by atoms with Crippen LogP contribution in [0.1, 0.15) is 57.2 Å². The van der Waals surface area contributed by atoms with Gasteiger partial charge in [0.1, 0.15) is 6.61 Å². The highest BCUT2D eigenvalue weighted by Crippen LogP contribution is 2.48. The number of hydrogen-bond donors (Lipinski definition) is 1. The molecule has 0 spiro atoms. The van der Waals surface area contributed by atoms with E-state index in [1.165, 1.54) is 11.1 Å². The van der Waals surface area contributed by atoms with Gasteiger partial charge < -0.3 is 4.74 Å². The SMILES string of the molecule is CC1(C)CCC(C)(C)c2cc(NC(=O)OCc3ccccc3)c(Br)cc21. The van der Waals surface area contributed by atoms with E-state index in [0.717, 1.165) is 28.6 Å². The molecule has 1 aliphatic carbocycles. The number of nitrogens with one attached hydrogen (secondary N) is 1. The molecule has 0 bridgehead atoms. The highest BCUT2D eigenvalue weighted by Gasteiger charge is 2.37. The Labute approximate surface area is 164 Å². The van der Waals surface area contributed by atoms with E-state index in [0.29, 0.717) is 0 Å². The van der Waals surface area contributed by atoms with Gasteiger partial charge in [0.25, 0.3) is 0 Å². The van der Waals surface area contributed by atoms with Gasteiger partial charge in [0.15, 0.2) is 0 Å². The van der Waals surface area contributed by atoms with E-state index in [1.807, 2.05) is 30.3 Å². The molecule has 2 aromatic carbocycles. The quantitative estimate of drug-likeness (QED) is 0.617. The van der Waals surface area contributed by atoms with Crippen molar-refractivity contribution < 1.29 is 9.53 Å². The average molecular weight is 416 g/mol. The third-order valence-corrected chi connectivity index (χ3v) is 6.05. The van der Waals surface area contributed by atoms with Crippen LogP contribution in [0.15, 0.2) is 46.9 Å². The van der Waals surface area contributed by atoms with Crippen molar-refractivity contribution in [3.8, 4) is 0 Å². The van der Waals surface area contributed by atoms with Crippen molar-refractivity contribution in [3.05, 3.63) is 63.6 Å². The van der Waals surface area contributed by atoms with E-state index >= 15 is 0 Å². The fourth-order valence-corrected chi connectivity index (χ4v) is 3.99. The summed E-state index contributed by atoms with van der Waals surface area (Å²) in [6.07, 6.45) is 1.85. The maximum Gasteiger partial charge on any atom is 0.411 e. The van der Waals surface area contributed by atoms with Gasteiger partial charge in [0.2, 0.25) is 0 Å². The molecule has 0 radical (unpaired) electrons. The summed E-state index contributed by atoms with van der Waals surface area (Å²) in [7, 11) is 0. The zero-order valence-electron chi connectivity index (χ0n) is 15.9. The number of ether oxygens (including phenoxy) is 1. The van der Waals surface area contributed by atoms with Gasteiger partial charge >= 0.3 is 6.09 Å². The summed E-state index contributed by atoms with van der Waals surface area (Å²) in [4.78, 5) is 12.2. The molecular formula is C22H26BrNO2. The second-order valence-electron chi connectivity index (χ2n) is 8.33. The number of amides is 1. The van der Waals surface area contributed by atoms with Gasteiger partial charge in [-0.15, -0.1) is 0 Å². The minimum atomic E-state index is -0.442. The summed E-state index contributed by atoms with van der Waals surface area (Å²) in [5, 5.41) is 2.89. The zero-order valence-corrected chi connectivity index (χ0v) is 17.4. The van der Waals surface area contributed by atoms with E-state index in [-0.39, 0.29) is 17.4 Å². The lowest BCUT2D eigenvalue weighted by molar-refractivity contribution is 0.155. The molecule has 4 heteroatoms. The summed E-state index contributed by atoms with van der Waals surface area (Å²) in [5.41, 5.74) is 4.61. The Hall–Kier alpha value is -1.81. The lowest BCUT2D eigenvalue weighted by Gasteiger charge is -2.42. The Balaban J connectivity index is 1.79. The van der Waals surface area contributed by atoms with E-state index < -0.39 is 6.09 Å². The van der Waals surface area contributed by atoms with Gasteiger partial charge in [-0.25, -0.2) is 4.79 Å². The Kier molecular flexibility index (Phi) is 5.16. The van der Waals surface area contributed by atoms with Gasteiger partial charge in [0, 0.05) is 4.47 Å². The number of hydrogen-bond acceptors (Lipinski definition) is 2. The molecule has 138 valence electrons. The number of fused-ring (bicyclic) bond motifs is 1. The van der Waals surface area contributed by atoms with Gasteiger partial charge in [-0.1, -0.05) is 58.0 Å². The van der Waals surface area contributed by atoms with Crippen molar-refractivity contribution in [3.63, 3.8) is 0 Å². The first-order valence-corrected chi connectivity index (χ1v) is 9.80. The fraction of sp³-hybridized carbons (Fsp3) is 0.409. The van der Waals surface area contributed by atoms with E-state index in [9.17, 15) is 4.79 Å². The van der Waals surface area contributed by atoms with Crippen molar-refractivity contribution in [2.24, 2.45) is 0 Å². The molecule has 0 heterocycles. The Bertz CT molecular complexity index is 812. The minimum Gasteiger partial charge on any atom is -0.444 e. The summed E-state index contributed by atoms with van der Waals surface area (Å²) in [6.45, 7) is 9.37. The molecule has 0 atom stereocenters. The van der Waals surface area contributed by atoms with Crippen LogP contribution in [0.4, 0.5) is 10.5 Å². The molecular weight excluding hydrogens is 390 g/mol. The number of halogens is 1. The number of anilines is 1. The van der Waals surface area contributed by atoms with Crippen molar-refractivity contribution in [1.82, 2.24) is 0 Å². The van der Waals surface area contributed by atoms with Crippen LogP contribution in [0.25, 0.3) is 0 Å². The lowest BCUT2D eigenvalue weighted by atomic mass is 9.63. The summed E-state index contributed by atoms with van der Waals surface area (Å²) in [6, 6.07) is 13.9. The minimum absolute atomic E-state index is 0.0932. The maximum absolute atomic E-state index is 12.2. The van der Waals surface area contributed by atoms with E-state index in [1.54, 1.807) is 0 Å². The second kappa shape index (κ2) is 7.07. The highest BCUT2D eigenvalue weighted by atomic mass is 79.9. The average Bonchev–Trinajstić information content (AvgIpc) is 2.59. The summed E-state index contributed by atoms with van der Waals surface area (Å²) in [5.74, 6) is 0. The molecule has 26 heavy (non-hydrogen) atoms. The standard InChI is InChI=1S/C22H26BrNO2/c1-21(2)10-11-22(3,4)17-13-19(18(23)12-16(17)21)24-20(25)26-14-15-8-6-5-7-9-15/h5-9,12-13H,10-11,14H2,1-4H3,(H,24,25). The number of carbonyl (C=O) groups excluding carboxylic acids is 1. The summed E-state index contributed by atoms with van der Waals surface area (Å²) < 4.78 is 6.24. The highest BCUT2D eigenvalue weighted by molar-refractivity contribution is 9.10. The molecule has 2 aromatic rings. The molecule has 0 saturated heterocycles. The first kappa shape index (κ1) is 19.0. The summed E-state index contributed by atoms with van der Waals surface area (Å²) >= 11 is 3.62. The van der Waals surface area contributed by atoms with Crippen molar-refractivity contribution in [1.29, 1.82) is 0 Å². The fourth-order valence-electron chi connectivity index (χ4n) is 3.55. The Morgan fingerprint density at radius 3 is 2.23 bits per heavy atom.